The number of carbonyl (C=O) groups is 2. The molecule has 0 spiro atoms. The van der Waals surface area contributed by atoms with Gasteiger partial charge in [0.15, 0.2) is 0 Å². The predicted octanol–water partition coefficient (Wildman–Crippen LogP) is 3.17. The van der Waals surface area contributed by atoms with Gasteiger partial charge in [0.05, 0.1) is 18.7 Å². The summed E-state index contributed by atoms with van der Waals surface area (Å²) in [5, 5.41) is 0. The van der Waals surface area contributed by atoms with Gasteiger partial charge in [-0.1, -0.05) is 30.3 Å². The minimum atomic E-state index is -0.446. The van der Waals surface area contributed by atoms with Crippen LogP contribution in [0.25, 0.3) is 0 Å². The summed E-state index contributed by atoms with van der Waals surface area (Å²) >= 11 is 0. The fraction of sp³-hybridized carbons (Fsp3) is 0.333. The van der Waals surface area contributed by atoms with Crippen molar-refractivity contribution in [3.63, 3.8) is 0 Å². The molecule has 5 nitrogen and oxygen atoms in total. The summed E-state index contributed by atoms with van der Waals surface area (Å²) in [6.07, 6.45) is 2.20. The summed E-state index contributed by atoms with van der Waals surface area (Å²) in [6, 6.07) is 14.9. The predicted molar refractivity (Wildman–Crippen MR) is 101 cm³/mol. The van der Waals surface area contributed by atoms with E-state index < -0.39 is 6.04 Å². The Morgan fingerprint density at radius 2 is 1.77 bits per heavy atom. The highest BCUT2D eigenvalue weighted by molar-refractivity contribution is 6.24. The maximum absolute atomic E-state index is 13.2. The van der Waals surface area contributed by atoms with Crippen molar-refractivity contribution in [3.8, 4) is 5.75 Å². The van der Waals surface area contributed by atoms with Crippen molar-refractivity contribution in [1.82, 2.24) is 0 Å². The maximum atomic E-state index is 13.2. The van der Waals surface area contributed by atoms with Crippen LogP contribution in [-0.4, -0.2) is 31.0 Å². The van der Waals surface area contributed by atoms with Gasteiger partial charge < -0.3 is 9.64 Å². The molecule has 1 fully saturated rings. The molecule has 0 aliphatic carbocycles. The van der Waals surface area contributed by atoms with Crippen LogP contribution in [0.2, 0.25) is 0 Å². The standard InChI is InChI=1S/C21H22N2O3/c1-2-26-19-12-6-5-11-17(19)23-20(24)14-18(21(23)25)22-13-7-9-15-8-3-4-10-16(15)22/h3-6,8,10-12,18H,2,7,9,13-14H2,1H3/t18-/m0/s1. The third-order valence-corrected chi connectivity index (χ3v) is 5.05. The van der Waals surface area contributed by atoms with E-state index in [4.69, 9.17) is 4.74 Å². The lowest BCUT2D eigenvalue weighted by Crippen LogP contribution is -2.44. The van der Waals surface area contributed by atoms with Crippen molar-refractivity contribution in [2.75, 3.05) is 23.0 Å². The molecule has 5 heteroatoms. The van der Waals surface area contributed by atoms with Gasteiger partial charge in [-0.25, -0.2) is 4.90 Å². The van der Waals surface area contributed by atoms with E-state index in [-0.39, 0.29) is 18.2 Å². The zero-order chi connectivity index (χ0) is 18.1. The molecule has 0 unspecified atom stereocenters. The van der Waals surface area contributed by atoms with Gasteiger partial charge in [0.25, 0.3) is 5.91 Å². The molecule has 26 heavy (non-hydrogen) atoms. The minimum absolute atomic E-state index is 0.168. The third kappa shape index (κ3) is 2.73. The van der Waals surface area contributed by atoms with E-state index in [2.05, 4.69) is 11.0 Å². The van der Waals surface area contributed by atoms with Gasteiger partial charge in [-0.05, 0) is 43.5 Å². The number of ether oxygens (including phenoxy) is 1. The van der Waals surface area contributed by atoms with Crippen molar-refractivity contribution in [3.05, 3.63) is 54.1 Å². The maximum Gasteiger partial charge on any atom is 0.257 e. The average molecular weight is 350 g/mol. The highest BCUT2D eigenvalue weighted by Crippen LogP contribution is 2.36. The first kappa shape index (κ1) is 16.6. The first-order valence-corrected chi connectivity index (χ1v) is 9.14. The van der Waals surface area contributed by atoms with Gasteiger partial charge in [-0.15, -0.1) is 0 Å². The highest BCUT2D eigenvalue weighted by atomic mass is 16.5. The topological polar surface area (TPSA) is 49.9 Å². The number of rotatable bonds is 4. The molecule has 0 radical (unpaired) electrons. The minimum Gasteiger partial charge on any atom is -0.492 e. The van der Waals surface area contributed by atoms with Gasteiger partial charge in [0.1, 0.15) is 11.8 Å². The summed E-state index contributed by atoms with van der Waals surface area (Å²) in [7, 11) is 0. The van der Waals surface area contributed by atoms with E-state index in [1.807, 2.05) is 37.3 Å². The first-order valence-electron chi connectivity index (χ1n) is 9.14. The molecule has 2 amide bonds. The summed E-state index contributed by atoms with van der Waals surface area (Å²) in [6.45, 7) is 3.16. The molecular formula is C21H22N2O3. The Morgan fingerprint density at radius 3 is 2.58 bits per heavy atom. The fourth-order valence-electron chi connectivity index (χ4n) is 3.92. The summed E-state index contributed by atoms with van der Waals surface area (Å²) in [5.41, 5.74) is 2.86. The second-order valence-corrected chi connectivity index (χ2v) is 6.61. The summed E-state index contributed by atoms with van der Waals surface area (Å²) in [4.78, 5) is 29.3. The quantitative estimate of drug-likeness (QED) is 0.795. The number of nitrogens with zero attached hydrogens (tertiary/aromatic N) is 2. The molecule has 0 aromatic heterocycles. The van der Waals surface area contributed by atoms with Crippen LogP contribution >= 0.6 is 0 Å². The summed E-state index contributed by atoms with van der Waals surface area (Å²) < 4.78 is 5.62. The van der Waals surface area contributed by atoms with Crippen LogP contribution in [-0.2, 0) is 16.0 Å². The van der Waals surface area contributed by atoms with E-state index in [1.165, 1.54) is 10.5 Å². The van der Waals surface area contributed by atoms with E-state index in [9.17, 15) is 9.59 Å². The number of para-hydroxylation sites is 3. The Labute approximate surface area is 153 Å². The van der Waals surface area contributed by atoms with Crippen molar-refractivity contribution < 1.29 is 14.3 Å². The van der Waals surface area contributed by atoms with Gasteiger partial charge in [0, 0.05) is 12.2 Å². The fourth-order valence-corrected chi connectivity index (χ4v) is 3.92. The van der Waals surface area contributed by atoms with Crippen LogP contribution in [0, 0.1) is 0 Å². The first-order chi connectivity index (χ1) is 12.7. The van der Waals surface area contributed by atoms with Crippen LogP contribution in [0.1, 0.15) is 25.3 Å². The molecule has 4 rings (SSSR count). The SMILES string of the molecule is CCOc1ccccc1N1C(=O)C[C@H](N2CCCc3ccccc32)C1=O. The van der Waals surface area contributed by atoms with Crippen LogP contribution in [0.3, 0.4) is 0 Å². The van der Waals surface area contributed by atoms with Gasteiger partial charge in [-0.3, -0.25) is 9.59 Å². The molecule has 0 saturated carbocycles. The molecule has 2 aromatic rings. The molecule has 2 aliphatic heterocycles. The molecule has 1 saturated heterocycles. The number of fused-ring (bicyclic) bond motifs is 1. The second kappa shape index (κ2) is 6.83. The van der Waals surface area contributed by atoms with Gasteiger partial charge in [-0.2, -0.15) is 0 Å². The van der Waals surface area contributed by atoms with E-state index in [0.29, 0.717) is 18.0 Å². The van der Waals surface area contributed by atoms with Crippen molar-refractivity contribution in [2.45, 2.75) is 32.2 Å². The smallest absolute Gasteiger partial charge is 0.257 e. The lowest BCUT2D eigenvalue weighted by molar-refractivity contribution is -0.121. The lowest BCUT2D eigenvalue weighted by Gasteiger charge is -2.34. The van der Waals surface area contributed by atoms with Crippen molar-refractivity contribution in [1.29, 1.82) is 0 Å². The Hall–Kier alpha value is -2.82. The number of imide groups is 1. The molecule has 2 heterocycles. The number of amides is 2. The largest absolute Gasteiger partial charge is 0.492 e. The van der Waals surface area contributed by atoms with Crippen LogP contribution in [0.5, 0.6) is 5.75 Å². The average Bonchev–Trinajstić information content (AvgIpc) is 2.96. The molecule has 134 valence electrons. The molecule has 2 aromatic carbocycles. The second-order valence-electron chi connectivity index (χ2n) is 6.61. The summed E-state index contributed by atoms with van der Waals surface area (Å²) in [5.74, 6) is 0.227. The molecular weight excluding hydrogens is 328 g/mol. The Bertz CT molecular complexity index is 849. The van der Waals surface area contributed by atoms with E-state index >= 15 is 0 Å². The normalized spacial score (nSPS) is 19.7. The number of hydrogen-bond donors (Lipinski definition) is 0. The number of hydrogen-bond acceptors (Lipinski definition) is 4. The van der Waals surface area contributed by atoms with Crippen molar-refractivity contribution in [2.24, 2.45) is 0 Å². The zero-order valence-corrected chi connectivity index (χ0v) is 14.9. The van der Waals surface area contributed by atoms with Gasteiger partial charge in [0.2, 0.25) is 5.91 Å². The number of carbonyl (C=O) groups excluding carboxylic acids is 2. The monoisotopic (exact) mass is 350 g/mol. The van der Waals surface area contributed by atoms with Gasteiger partial charge >= 0.3 is 0 Å². The highest BCUT2D eigenvalue weighted by Gasteiger charge is 2.44. The van der Waals surface area contributed by atoms with Crippen LogP contribution in [0.15, 0.2) is 48.5 Å². The molecule has 2 aliphatic rings. The zero-order valence-electron chi connectivity index (χ0n) is 14.9. The third-order valence-electron chi connectivity index (χ3n) is 5.05. The van der Waals surface area contributed by atoms with Crippen LogP contribution in [0.4, 0.5) is 11.4 Å². The molecule has 1 atom stereocenters. The van der Waals surface area contributed by atoms with Crippen molar-refractivity contribution >= 4 is 23.2 Å². The molecule has 0 bridgehead atoms. The lowest BCUT2D eigenvalue weighted by atomic mass is 9.99. The Balaban J connectivity index is 1.67. The number of anilines is 2. The van der Waals surface area contributed by atoms with Crippen LogP contribution < -0.4 is 14.5 Å². The molecule has 0 N–H and O–H groups in total. The number of benzene rings is 2. The Kier molecular flexibility index (Phi) is 4.37. The Morgan fingerprint density at radius 1 is 1.04 bits per heavy atom. The van der Waals surface area contributed by atoms with E-state index in [0.717, 1.165) is 25.1 Å². The number of aryl methyl sites for hydroxylation is 1. The van der Waals surface area contributed by atoms with E-state index in [1.54, 1.807) is 12.1 Å².